The van der Waals surface area contributed by atoms with E-state index in [0.717, 1.165) is 57.8 Å². The van der Waals surface area contributed by atoms with E-state index < -0.39 is 54.8 Å². The number of aliphatic hydroxyl groups excluding tert-OH is 3. The summed E-state index contributed by atoms with van der Waals surface area (Å²) in [5.41, 5.74) is -0.890. The summed E-state index contributed by atoms with van der Waals surface area (Å²) in [6, 6.07) is 0. The fourth-order valence-corrected chi connectivity index (χ4v) is 10.8. The lowest BCUT2D eigenvalue weighted by Gasteiger charge is -2.63. The zero-order valence-corrected chi connectivity index (χ0v) is 26.1. The fourth-order valence-electron chi connectivity index (χ4n) is 10.8. The van der Waals surface area contributed by atoms with Gasteiger partial charge >= 0.3 is 0 Å². The normalized spacial score (nSPS) is 56.3. The summed E-state index contributed by atoms with van der Waals surface area (Å²) in [7, 11) is 0. The average Bonchev–Trinajstić information content (AvgIpc) is 3.21. The van der Waals surface area contributed by atoms with Crippen molar-refractivity contribution in [3.05, 3.63) is 0 Å². The zero-order valence-electron chi connectivity index (χ0n) is 26.1. The molecule has 42 heavy (non-hydrogen) atoms. The van der Waals surface area contributed by atoms with Crippen LogP contribution in [0.5, 0.6) is 0 Å². The van der Waals surface area contributed by atoms with Gasteiger partial charge in [0.15, 0.2) is 12.6 Å². The van der Waals surface area contributed by atoms with Crippen LogP contribution in [0.3, 0.4) is 0 Å². The third kappa shape index (κ3) is 5.02. The predicted octanol–water partition coefficient (Wildman–Crippen LogP) is 3.47. The maximum atomic E-state index is 12.5. The second-order valence-corrected chi connectivity index (χ2v) is 15.3. The molecular formula is C33H54O9. The summed E-state index contributed by atoms with van der Waals surface area (Å²) >= 11 is 0. The van der Waals surface area contributed by atoms with Crippen LogP contribution in [-0.2, 0) is 23.7 Å². The van der Waals surface area contributed by atoms with E-state index in [9.17, 15) is 25.2 Å². The van der Waals surface area contributed by atoms with Crippen molar-refractivity contribution < 1.29 is 44.2 Å². The van der Waals surface area contributed by atoms with E-state index in [1.54, 1.807) is 13.8 Å². The highest BCUT2D eigenvalue weighted by molar-refractivity contribution is 5.80. The van der Waals surface area contributed by atoms with Crippen LogP contribution >= 0.6 is 0 Å². The van der Waals surface area contributed by atoms with Crippen LogP contribution in [0.1, 0.15) is 105 Å². The number of hydrogen-bond acceptors (Lipinski definition) is 9. The topological polar surface area (TPSA) is 135 Å². The second kappa shape index (κ2) is 11.3. The molecule has 0 aromatic rings. The van der Waals surface area contributed by atoms with E-state index >= 15 is 0 Å². The molecule has 16 atom stereocenters. The molecule has 0 spiro atoms. The Labute approximate surface area is 250 Å². The molecule has 0 amide bonds. The fraction of sp³-hybridized carbons (Fsp3) is 0.970. The van der Waals surface area contributed by atoms with Crippen molar-refractivity contribution in [3.63, 3.8) is 0 Å². The van der Waals surface area contributed by atoms with Gasteiger partial charge in [-0.25, -0.2) is 0 Å². The van der Waals surface area contributed by atoms with E-state index in [1.165, 1.54) is 0 Å². The first-order valence-electron chi connectivity index (χ1n) is 16.7. The second-order valence-electron chi connectivity index (χ2n) is 15.3. The Morgan fingerprint density at radius 3 is 2.17 bits per heavy atom. The largest absolute Gasteiger partial charge is 0.390 e. The Balaban J connectivity index is 1.05. The predicted molar refractivity (Wildman–Crippen MR) is 153 cm³/mol. The van der Waals surface area contributed by atoms with Crippen LogP contribution in [0.4, 0.5) is 0 Å². The van der Waals surface area contributed by atoms with E-state index in [1.807, 2.05) is 6.92 Å². The van der Waals surface area contributed by atoms with Crippen molar-refractivity contribution in [2.45, 2.75) is 166 Å². The van der Waals surface area contributed by atoms with E-state index in [-0.39, 0.29) is 41.0 Å². The van der Waals surface area contributed by atoms with Gasteiger partial charge in [-0.2, -0.15) is 0 Å². The number of carbonyl (C=O) groups is 1. The van der Waals surface area contributed by atoms with Crippen LogP contribution in [0.15, 0.2) is 0 Å². The molecule has 2 saturated heterocycles. The molecule has 0 unspecified atom stereocenters. The molecule has 0 bridgehead atoms. The molecule has 4 saturated carbocycles. The van der Waals surface area contributed by atoms with E-state index in [4.69, 9.17) is 18.9 Å². The first-order chi connectivity index (χ1) is 19.8. The lowest BCUT2D eigenvalue weighted by molar-refractivity contribution is -0.318. The van der Waals surface area contributed by atoms with Gasteiger partial charge in [0, 0.05) is 24.2 Å². The van der Waals surface area contributed by atoms with Gasteiger partial charge in [0.05, 0.1) is 36.1 Å². The highest BCUT2D eigenvalue weighted by Crippen LogP contribution is 2.69. The third-order valence-electron chi connectivity index (χ3n) is 13.3. The Hall–Kier alpha value is -0.650. The molecule has 0 radical (unpaired) electrons. The molecule has 4 aliphatic carbocycles. The van der Waals surface area contributed by atoms with Crippen LogP contribution in [-0.4, -0.2) is 87.1 Å². The zero-order chi connectivity index (χ0) is 30.2. The molecule has 9 heteroatoms. The van der Waals surface area contributed by atoms with Crippen molar-refractivity contribution in [1.82, 2.24) is 0 Å². The molecule has 240 valence electrons. The summed E-state index contributed by atoms with van der Waals surface area (Å²) < 4.78 is 24.4. The molecular weight excluding hydrogens is 540 g/mol. The highest BCUT2D eigenvalue weighted by Gasteiger charge is 2.68. The number of aliphatic hydroxyl groups is 4. The van der Waals surface area contributed by atoms with Gasteiger partial charge in [-0.1, -0.05) is 13.8 Å². The standard InChI is InChI=1S/C33H54O9/c1-17(34)22-10-13-33(38)24-7-6-20-14-21(8-11-31(20,4)23(24)9-12-32(22,33)5)41-27-16-26(36)30(19(3)40-27)42-28-15-25(35)29(37)18(2)39-28/h18-30,35-38H,6-16H2,1-5H3/t18-,19-,20-,21+,22-,23+,24-,25+,26+,27+,28+,29-,30-,31+,32-,33+/m1/s1. The number of carbonyl (C=O) groups excluding carboxylic acids is 1. The summed E-state index contributed by atoms with van der Waals surface area (Å²) in [4.78, 5) is 12.5. The maximum Gasteiger partial charge on any atom is 0.161 e. The quantitative estimate of drug-likeness (QED) is 0.353. The highest BCUT2D eigenvalue weighted by atomic mass is 16.7. The van der Waals surface area contributed by atoms with Crippen molar-refractivity contribution in [1.29, 1.82) is 0 Å². The van der Waals surface area contributed by atoms with Crippen molar-refractivity contribution in [3.8, 4) is 0 Å². The Morgan fingerprint density at radius 2 is 1.48 bits per heavy atom. The lowest BCUT2D eigenvalue weighted by atomic mass is 9.43. The van der Waals surface area contributed by atoms with Gasteiger partial charge in [0.2, 0.25) is 0 Å². The Kier molecular flexibility index (Phi) is 8.43. The van der Waals surface area contributed by atoms with Gasteiger partial charge in [0.1, 0.15) is 18.0 Å². The molecule has 6 fully saturated rings. The van der Waals surface area contributed by atoms with Gasteiger partial charge < -0.3 is 39.4 Å². The minimum Gasteiger partial charge on any atom is -0.390 e. The van der Waals surface area contributed by atoms with Crippen LogP contribution in [0.25, 0.3) is 0 Å². The molecule has 6 rings (SSSR count). The smallest absolute Gasteiger partial charge is 0.161 e. The summed E-state index contributed by atoms with van der Waals surface area (Å²) in [5, 5.41) is 43.3. The Morgan fingerprint density at radius 1 is 0.786 bits per heavy atom. The molecule has 9 nitrogen and oxygen atoms in total. The van der Waals surface area contributed by atoms with Gasteiger partial charge in [-0.15, -0.1) is 0 Å². The molecule has 0 aromatic heterocycles. The van der Waals surface area contributed by atoms with Crippen LogP contribution in [0.2, 0.25) is 0 Å². The molecule has 6 aliphatic rings. The number of rotatable bonds is 5. The number of ether oxygens (including phenoxy) is 4. The van der Waals surface area contributed by atoms with Crippen molar-refractivity contribution >= 4 is 5.78 Å². The van der Waals surface area contributed by atoms with E-state index in [2.05, 4.69) is 13.8 Å². The number of hydrogen-bond donors (Lipinski definition) is 4. The van der Waals surface area contributed by atoms with Crippen LogP contribution in [0, 0.1) is 34.5 Å². The SMILES string of the molecule is CC(=O)[C@H]1CC[C@]2(O)[C@@H]3CC[C@@H]4C[C@@H](O[C@H]5C[C@H](O)[C@H](O[C@H]6C[C@H](O)[C@H](O)[C@@H](C)O6)[C@@H](C)O5)CC[C@]4(C)[C@H]3CC[C@]12C. The van der Waals surface area contributed by atoms with Gasteiger partial charge in [0.25, 0.3) is 0 Å². The average molecular weight is 595 g/mol. The van der Waals surface area contributed by atoms with Crippen molar-refractivity contribution in [2.24, 2.45) is 34.5 Å². The Bertz CT molecular complexity index is 984. The number of ketones is 1. The summed E-state index contributed by atoms with van der Waals surface area (Å²) in [5.74, 6) is 1.46. The first kappa shape index (κ1) is 31.3. The minimum atomic E-state index is -0.954. The molecule has 2 heterocycles. The summed E-state index contributed by atoms with van der Waals surface area (Å²) in [6.07, 6.45) is 3.58. The third-order valence-corrected chi connectivity index (χ3v) is 13.3. The van der Waals surface area contributed by atoms with Crippen molar-refractivity contribution in [2.75, 3.05) is 0 Å². The maximum absolute atomic E-state index is 12.5. The molecule has 2 aliphatic heterocycles. The monoisotopic (exact) mass is 594 g/mol. The first-order valence-corrected chi connectivity index (χ1v) is 16.7. The minimum absolute atomic E-state index is 0.0189. The number of Topliss-reactive ketones (excluding diaryl/α,β-unsaturated/α-hetero) is 1. The van der Waals surface area contributed by atoms with E-state index in [0.29, 0.717) is 18.3 Å². The van der Waals surface area contributed by atoms with Gasteiger partial charge in [-0.05, 0) is 102 Å². The van der Waals surface area contributed by atoms with Crippen LogP contribution < -0.4 is 0 Å². The van der Waals surface area contributed by atoms with Gasteiger partial charge in [-0.3, -0.25) is 4.79 Å². The summed E-state index contributed by atoms with van der Waals surface area (Å²) in [6.45, 7) is 9.90. The number of fused-ring (bicyclic) bond motifs is 5. The molecule has 0 aromatic carbocycles. The lowest BCUT2D eigenvalue weighted by Crippen LogP contribution is -2.62. The molecule has 4 N–H and O–H groups in total.